The van der Waals surface area contributed by atoms with E-state index in [-0.39, 0.29) is 6.61 Å². The number of hydrazine groups is 1. The van der Waals surface area contributed by atoms with E-state index in [0.717, 1.165) is 0 Å². The first-order chi connectivity index (χ1) is 5.31. The summed E-state index contributed by atoms with van der Waals surface area (Å²) in [7, 11) is 0. The molecule has 0 unspecified atom stereocenters. The minimum absolute atomic E-state index is 0.0413. The third-order valence-electron chi connectivity index (χ3n) is 0.899. The summed E-state index contributed by atoms with van der Waals surface area (Å²) in [4.78, 5) is 0. The Morgan fingerprint density at radius 1 is 1.55 bits per heavy atom. The fourth-order valence-corrected chi connectivity index (χ4v) is 0.556. The molecule has 5 N–H and O–H groups in total. The van der Waals surface area contributed by atoms with Crippen LogP contribution in [0.1, 0.15) is 0 Å². The lowest BCUT2D eigenvalue weighted by molar-refractivity contribution is 0.0958. The number of aliphatic hydroxyl groups is 1. The molecule has 6 heteroatoms. The second kappa shape index (κ2) is 7.67. The van der Waals surface area contributed by atoms with Crippen LogP contribution in [0.2, 0.25) is 0 Å². The molecule has 0 aliphatic rings. The topological polar surface area (TPSA) is 79.5 Å². The molecule has 0 fully saturated rings. The van der Waals surface area contributed by atoms with Crippen LogP contribution < -0.4 is 16.6 Å². The quantitative estimate of drug-likeness (QED) is 0.175. The van der Waals surface area contributed by atoms with Gasteiger partial charge < -0.3 is 20.6 Å². The van der Waals surface area contributed by atoms with Crippen LogP contribution in [0.3, 0.4) is 0 Å². The minimum Gasteiger partial charge on any atom is -0.394 e. The van der Waals surface area contributed by atoms with Crippen LogP contribution in [-0.2, 0) is 4.74 Å². The standard InChI is InChI=1S/C5H13N3O2S/c6-8-5(11)7-1-3-10-4-2-9/h9H,1-4,6H2,(H2,7,8,11). The lowest BCUT2D eigenvalue weighted by atomic mass is 10.7. The molecular weight excluding hydrogens is 166 g/mol. The fourth-order valence-electron chi connectivity index (χ4n) is 0.454. The zero-order chi connectivity index (χ0) is 8.53. The van der Waals surface area contributed by atoms with Crippen LogP contribution in [0, 0.1) is 0 Å². The molecule has 0 aliphatic carbocycles. The summed E-state index contributed by atoms with van der Waals surface area (Å²) < 4.78 is 4.94. The van der Waals surface area contributed by atoms with Crippen molar-refractivity contribution in [2.45, 2.75) is 0 Å². The normalized spacial score (nSPS) is 9.27. The van der Waals surface area contributed by atoms with Crippen molar-refractivity contribution in [3.8, 4) is 0 Å². The summed E-state index contributed by atoms with van der Waals surface area (Å²) in [6.45, 7) is 1.48. The van der Waals surface area contributed by atoms with Crippen molar-refractivity contribution in [1.29, 1.82) is 0 Å². The molecule has 0 rings (SSSR count). The lowest BCUT2D eigenvalue weighted by Crippen LogP contribution is -2.40. The summed E-state index contributed by atoms with van der Waals surface area (Å²) in [6, 6.07) is 0. The molecule has 0 aromatic heterocycles. The van der Waals surface area contributed by atoms with Crippen molar-refractivity contribution >= 4 is 17.3 Å². The van der Waals surface area contributed by atoms with Crippen LogP contribution in [0.5, 0.6) is 0 Å². The summed E-state index contributed by atoms with van der Waals surface area (Å²) in [5.74, 6) is 4.98. The fraction of sp³-hybridized carbons (Fsp3) is 0.800. The maximum atomic E-state index is 8.32. The average molecular weight is 179 g/mol. The van der Waals surface area contributed by atoms with E-state index in [1.807, 2.05) is 0 Å². The Hall–Kier alpha value is -0.430. The molecule has 0 aliphatic heterocycles. The Labute approximate surface area is 70.9 Å². The van der Waals surface area contributed by atoms with Gasteiger partial charge in [-0.3, -0.25) is 0 Å². The van der Waals surface area contributed by atoms with Gasteiger partial charge in [-0.1, -0.05) is 0 Å². The van der Waals surface area contributed by atoms with E-state index < -0.39 is 0 Å². The highest BCUT2D eigenvalue weighted by Crippen LogP contribution is 1.71. The van der Waals surface area contributed by atoms with E-state index in [0.29, 0.717) is 24.9 Å². The maximum absolute atomic E-state index is 8.32. The third-order valence-corrected chi connectivity index (χ3v) is 1.16. The molecule has 0 bridgehead atoms. The predicted octanol–water partition coefficient (Wildman–Crippen LogP) is -1.67. The molecule has 0 heterocycles. The highest BCUT2D eigenvalue weighted by Gasteiger charge is 1.89. The van der Waals surface area contributed by atoms with E-state index in [9.17, 15) is 0 Å². The summed E-state index contributed by atoms with van der Waals surface area (Å²) in [5.41, 5.74) is 2.27. The molecule has 0 aromatic carbocycles. The van der Waals surface area contributed by atoms with Crippen LogP contribution in [0.25, 0.3) is 0 Å². The number of hydrogen-bond donors (Lipinski definition) is 4. The number of thiocarbonyl (C=S) groups is 1. The molecule has 0 spiro atoms. The first kappa shape index (κ1) is 10.6. The molecule has 0 saturated carbocycles. The highest BCUT2D eigenvalue weighted by molar-refractivity contribution is 7.80. The summed E-state index contributed by atoms with van der Waals surface area (Å²) >= 11 is 4.68. The Balaban J connectivity index is 2.95. The van der Waals surface area contributed by atoms with E-state index in [1.165, 1.54) is 0 Å². The Morgan fingerprint density at radius 3 is 2.82 bits per heavy atom. The van der Waals surface area contributed by atoms with E-state index in [2.05, 4.69) is 23.0 Å². The SMILES string of the molecule is NNC(=S)NCCOCCO. The number of nitrogens with two attached hydrogens (primary N) is 1. The van der Waals surface area contributed by atoms with Gasteiger partial charge in [0.1, 0.15) is 0 Å². The van der Waals surface area contributed by atoms with Gasteiger partial charge in [-0.05, 0) is 12.2 Å². The van der Waals surface area contributed by atoms with Crippen LogP contribution >= 0.6 is 12.2 Å². The number of hydrogen-bond acceptors (Lipinski definition) is 4. The molecule has 5 nitrogen and oxygen atoms in total. The monoisotopic (exact) mass is 179 g/mol. The summed E-state index contributed by atoms with van der Waals surface area (Å²) in [5, 5.41) is 11.5. The first-order valence-corrected chi connectivity index (χ1v) is 3.65. The second-order valence-corrected chi connectivity index (χ2v) is 2.14. The first-order valence-electron chi connectivity index (χ1n) is 3.24. The molecule has 0 saturated heterocycles. The molecule has 11 heavy (non-hydrogen) atoms. The van der Waals surface area contributed by atoms with Crippen molar-refractivity contribution in [3.05, 3.63) is 0 Å². The van der Waals surface area contributed by atoms with Crippen molar-refractivity contribution in [1.82, 2.24) is 10.7 Å². The van der Waals surface area contributed by atoms with Gasteiger partial charge in [0.05, 0.1) is 19.8 Å². The van der Waals surface area contributed by atoms with Crippen molar-refractivity contribution in [2.24, 2.45) is 5.84 Å². The lowest BCUT2D eigenvalue weighted by Gasteiger charge is -2.06. The van der Waals surface area contributed by atoms with E-state index >= 15 is 0 Å². The molecule has 0 radical (unpaired) electrons. The van der Waals surface area contributed by atoms with Gasteiger partial charge >= 0.3 is 0 Å². The number of nitrogens with one attached hydrogen (secondary N) is 2. The predicted molar refractivity (Wildman–Crippen MR) is 45.8 cm³/mol. The zero-order valence-corrected chi connectivity index (χ0v) is 6.99. The maximum Gasteiger partial charge on any atom is 0.180 e. The molecule has 66 valence electrons. The van der Waals surface area contributed by atoms with Gasteiger partial charge in [0.25, 0.3) is 0 Å². The highest BCUT2D eigenvalue weighted by atomic mass is 32.1. The van der Waals surface area contributed by atoms with E-state index in [4.69, 9.17) is 15.7 Å². The molecule has 0 atom stereocenters. The molecule has 0 amide bonds. The Bertz CT molecular complexity index is 112. The Kier molecular flexibility index (Phi) is 7.37. The smallest absolute Gasteiger partial charge is 0.180 e. The van der Waals surface area contributed by atoms with Gasteiger partial charge in [-0.2, -0.15) is 0 Å². The largest absolute Gasteiger partial charge is 0.394 e. The van der Waals surface area contributed by atoms with Crippen LogP contribution in [0.15, 0.2) is 0 Å². The van der Waals surface area contributed by atoms with Gasteiger partial charge in [-0.25, -0.2) is 5.84 Å². The van der Waals surface area contributed by atoms with Crippen molar-refractivity contribution < 1.29 is 9.84 Å². The van der Waals surface area contributed by atoms with Crippen LogP contribution in [0.4, 0.5) is 0 Å². The number of ether oxygens (including phenoxy) is 1. The average Bonchev–Trinajstić information content (AvgIpc) is 2.04. The van der Waals surface area contributed by atoms with E-state index in [1.54, 1.807) is 0 Å². The summed E-state index contributed by atoms with van der Waals surface area (Å²) in [6.07, 6.45) is 0. The number of aliphatic hydroxyl groups excluding tert-OH is 1. The molecular formula is C5H13N3O2S. The van der Waals surface area contributed by atoms with Crippen molar-refractivity contribution in [3.63, 3.8) is 0 Å². The third kappa shape index (κ3) is 7.47. The minimum atomic E-state index is 0.0413. The molecule has 0 aromatic rings. The zero-order valence-electron chi connectivity index (χ0n) is 6.17. The number of rotatable bonds is 5. The van der Waals surface area contributed by atoms with Crippen LogP contribution in [-0.4, -0.2) is 36.6 Å². The van der Waals surface area contributed by atoms with Gasteiger partial charge in [-0.15, -0.1) is 0 Å². The Morgan fingerprint density at radius 2 is 2.27 bits per heavy atom. The van der Waals surface area contributed by atoms with Gasteiger partial charge in [0, 0.05) is 6.54 Å². The van der Waals surface area contributed by atoms with Gasteiger partial charge in [0.2, 0.25) is 0 Å². The van der Waals surface area contributed by atoms with Gasteiger partial charge in [0.15, 0.2) is 5.11 Å². The van der Waals surface area contributed by atoms with Crippen molar-refractivity contribution in [2.75, 3.05) is 26.4 Å². The second-order valence-electron chi connectivity index (χ2n) is 1.74.